The van der Waals surface area contributed by atoms with Crippen molar-refractivity contribution in [3.8, 4) is 0 Å². The Kier molecular flexibility index (Phi) is 3.34. The van der Waals surface area contributed by atoms with Gasteiger partial charge in [-0.2, -0.15) is 5.10 Å². The van der Waals surface area contributed by atoms with Gasteiger partial charge in [0, 0.05) is 31.4 Å². The minimum absolute atomic E-state index is 0.700. The maximum Gasteiger partial charge on any atom is 0.147 e. The molecule has 110 valence electrons. The third kappa shape index (κ3) is 2.77. The van der Waals surface area contributed by atoms with Crippen LogP contribution in [-0.2, 0) is 6.54 Å². The molecule has 0 aromatic carbocycles. The fourth-order valence-electron chi connectivity index (χ4n) is 2.97. The molecular formula is C16H19ClN4. The van der Waals surface area contributed by atoms with Gasteiger partial charge in [-0.1, -0.05) is 11.6 Å². The van der Waals surface area contributed by atoms with Gasteiger partial charge in [0.05, 0.1) is 17.3 Å². The Morgan fingerprint density at radius 2 is 2.05 bits per heavy atom. The summed E-state index contributed by atoms with van der Waals surface area (Å²) in [5.74, 6) is 1.63. The van der Waals surface area contributed by atoms with Gasteiger partial charge in [-0.05, 0) is 43.4 Å². The number of pyridine rings is 1. The SMILES string of the molecule is Clc1cc(Cn2ccc(C3CC3)n2)cnc1N1CCCC1. The van der Waals surface area contributed by atoms with Gasteiger partial charge in [0.15, 0.2) is 0 Å². The zero-order valence-corrected chi connectivity index (χ0v) is 12.8. The second-order valence-electron chi connectivity index (χ2n) is 6.06. The van der Waals surface area contributed by atoms with Gasteiger partial charge < -0.3 is 4.90 Å². The molecule has 2 aliphatic rings. The van der Waals surface area contributed by atoms with Crippen molar-refractivity contribution in [3.05, 3.63) is 40.8 Å². The normalized spacial score (nSPS) is 18.4. The van der Waals surface area contributed by atoms with Crippen LogP contribution in [0.4, 0.5) is 5.82 Å². The first-order valence-electron chi connectivity index (χ1n) is 7.72. The van der Waals surface area contributed by atoms with Crippen molar-refractivity contribution in [2.45, 2.75) is 38.1 Å². The Morgan fingerprint density at radius 3 is 2.76 bits per heavy atom. The van der Waals surface area contributed by atoms with Gasteiger partial charge in [0.2, 0.25) is 0 Å². The molecule has 1 saturated carbocycles. The number of rotatable bonds is 4. The molecule has 1 aliphatic heterocycles. The van der Waals surface area contributed by atoms with Gasteiger partial charge in [-0.15, -0.1) is 0 Å². The van der Waals surface area contributed by atoms with E-state index < -0.39 is 0 Å². The molecule has 21 heavy (non-hydrogen) atoms. The van der Waals surface area contributed by atoms with Crippen molar-refractivity contribution >= 4 is 17.4 Å². The number of halogens is 1. The molecule has 5 heteroatoms. The Bertz CT molecular complexity index is 641. The largest absolute Gasteiger partial charge is 0.355 e. The molecule has 1 saturated heterocycles. The smallest absolute Gasteiger partial charge is 0.147 e. The number of nitrogens with zero attached hydrogens (tertiary/aromatic N) is 4. The van der Waals surface area contributed by atoms with Crippen molar-refractivity contribution in [2.24, 2.45) is 0 Å². The van der Waals surface area contributed by atoms with Crippen LogP contribution in [0, 0.1) is 0 Å². The van der Waals surface area contributed by atoms with E-state index in [1.807, 2.05) is 16.9 Å². The minimum atomic E-state index is 0.700. The Hall–Kier alpha value is -1.55. The van der Waals surface area contributed by atoms with Crippen molar-refractivity contribution in [3.63, 3.8) is 0 Å². The molecule has 0 atom stereocenters. The average Bonchev–Trinajstić information content (AvgIpc) is 2.99. The molecule has 3 heterocycles. The van der Waals surface area contributed by atoms with Crippen LogP contribution in [0.1, 0.15) is 42.9 Å². The lowest BCUT2D eigenvalue weighted by Crippen LogP contribution is -2.19. The second-order valence-corrected chi connectivity index (χ2v) is 6.46. The summed E-state index contributed by atoms with van der Waals surface area (Å²) >= 11 is 6.41. The molecule has 4 rings (SSSR count). The van der Waals surface area contributed by atoms with Crippen LogP contribution in [-0.4, -0.2) is 27.9 Å². The molecule has 0 radical (unpaired) electrons. The van der Waals surface area contributed by atoms with E-state index in [9.17, 15) is 0 Å². The van der Waals surface area contributed by atoms with Crippen LogP contribution in [0.5, 0.6) is 0 Å². The molecule has 2 aromatic rings. The number of anilines is 1. The monoisotopic (exact) mass is 302 g/mol. The van der Waals surface area contributed by atoms with Crippen LogP contribution in [0.2, 0.25) is 5.02 Å². The zero-order valence-electron chi connectivity index (χ0n) is 12.0. The maximum atomic E-state index is 6.41. The molecule has 4 nitrogen and oxygen atoms in total. The quantitative estimate of drug-likeness (QED) is 0.867. The molecule has 0 N–H and O–H groups in total. The summed E-state index contributed by atoms with van der Waals surface area (Å²) in [7, 11) is 0. The molecule has 0 unspecified atom stereocenters. The highest BCUT2D eigenvalue weighted by Gasteiger charge is 2.25. The molecule has 2 aromatic heterocycles. The van der Waals surface area contributed by atoms with E-state index in [4.69, 9.17) is 11.6 Å². The lowest BCUT2D eigenvalue weighted by atomic mass is 10.3. The van der Waals surface area contributed by atoms with Gasteiger partial charge in [0.25, 0.3) is 0 Å². The topological polar surface area (TPSA) is 34.0 Å². The molecular weight excluding hydrogens is 284 g/mol. The summed E-state index contributed by atoms with van der Waals surface area (Å²) in [4.78, 5) is 6.83. The van der Waals surface area contributed by atoms with Crippen molar-refractivity contribution in [1.82, 2.24) is 14.8 Å². The lowest BCUT2D eigenvalue weighted by molar-refractivity contribution is 0.670. The maximum absolute atomic E-state index is 6.41. The first kappa shape index (κ1) is 13.1. The molecule has 0 spiro atoms. The van der Waals surface area contributed by atoms with E-state index >= 15 is 0 Å². The van der Waals surface area contributed by atoms with Gasteiger partial charge in [-0.25, -0.2) is 4.98 Å². The van der Waals surface area contributed by atoms with E-state index in [1.54, 1.807) is 0 Å². The van der Waals surface area contributed by atoms with Crippen LogP contribution in [0.3, 0.4) is 0 Å². The van der Waals surface area contributed by atoms with E-state index in [-0.39, 0.29) is 0 Å². The third-order valence-corrected chi connectivity index (χ3v) is 4.56. The first-order chi connectivity index (χ1) is 10.3. The molecule has 1 aliphatic carbocycles. The first-order valence-corrected chi connectivity index (χ1v) is 8.10. The molecule has 0 amide bonds. The Labute approximate surface area is 129 Å². The summed E-state index contributed by atoms with van der Waals surface area (Å²) in [6.07, 6.45) is 9.02. The van der Waals surface area contributed by atoms with Gasteiger partial charge >= 0.3 is 0 Å². The highest BCUT2D eigenvalue weighted by atomic mass is 35.5. The van der Waals surface area contributed by atoms with E-state index in [2.05, 4.69) is 27.2 Å². The highest BCUT2D eigenvalue weighted by molar-refractivity contribution is 6.33. The Morgan fingerprint density at radius 1 is 1.24 bits per heavy atom. The third-order valence-electron chi connectivity index (χ3n) is 4.29. The van der Waals surface area contributed by atoms with Crippen LogP contribution < -0.4 is 4.90 Å². The van der Waals surface area contributed by atoms with Crippen LogP contribution >= 0.6 is 11.6 Å². The number of aromatic nitrogens is 3. The highest BCUT2D eigenvalue weighted by Crippen LogP contribution is 2.38. The Balaban J connectivity index is 1.50. The fourth-order valence-corrected chi connectivity index (χ4v) is 3.28. The van der Waals surface area contributed by atoms with Crippen molar-refractivity contribution in [1.29, 1.82) is 0 Å². The zero-order chi connectivity index (χ0) is 14.2. The van der Waals surface area contributed by atoms with E-state index in [0.717, 1.165) is 36.0 Å². The molecule has 2 fully saturated rings. The predicted molar refractivity (Wildman–Crippen MR) is 84.0 cm³/mol. The van der Waals surface area contributed by atoms with Crippen molar-refractivity contribution in [2.75, 3.05) is 18.0 Å². The summed E-state index contributed by atoms with van der Waals surface area (Å²) in [6.45, 7) is 2.87. The summed E-state index contributed by atoms with van der Waals surface area (Å²) < 4.78 is 1.98. The number of hydrogen-bond donors (Lipinski definition) is 0. The van der Waals surface area contributed by atoms with Crippen LogP contribution in [0.15, 0.2) is 24.5 Å². The van der Waals surface area contributed by atoms with Gasteiger partial charge in [-0.3, -0.25) is 4.68 Å². The number of hydrogen-bond acceptors (Lipinski definition) is 3. The molecule has 0 bridgehead atoms. The lowest BCUT2D eigenvalue weighted by Gasteiger charge is -2.18. The average molecular weight is 303 g/mol. The summed E-state index contributed by atoms with van der Waals surface area (Å²) in [5, 5.41) is 5.39. The summed E-state index contributed by atoms with van der Waals surface area (Å²) in [5.41, 5.74) is 2.33. The van der Waals surface area contributed by atoms with Gasteiger partial charge in [0.1, 0.15) is 5.82 Å². The van der Waals surface area contributed by atoms with E-state index in [1.165, 1.54) is 31.4 Å². The second kappa shape index (κ2) is 5.34. The van der Waals surface area contributed by atoms with Crippen molar-refractivity contribution < 1.29 is 0 Å². The fraction of sp³-hybridized carbons (Fsp3) is 0.500. The minimum Gasteiger partial charge on any atom is -0.355 e. The van der Waals surface area contributed by atoms with Crippen LogP contribution in [0.25, 0.3) is 0 Å². The predicted octanol–water partition coefficient (Wildman–Crippen LogP) is 3.46. The van der Waals surface area contributed by atoms with E-state index in [0.29, 0.717) is 5.92 Å². The summed E-state index contributed by atoms with van der Waals surface area (Å²) in [6, 6.07) is 4.16. The standard InChI is InChI=1S/C16H19ClN4/c17-14-9-12(10-18-16(14)20-6-1-2-7-20)11-21-8-5-15(19-21)13-3-4-13/h5,8-10,13H,1-4,6-7,11H2.